The molecule has 0 aliphatic rings. The van der Waals surface area contributed by atoms with Gasteiger partial charge in [0.15, 0.2) is 11.6 Å². The van der Waals surface area contributed by atoms with Crippen molar-refractivity contribution in [3.05, 3.63) is 35.3 Å². The summed E-state index contributed by atoms with van der Waals surface area (Å²) in [6.07, 6.45) is 0. The van der Waals surface area contributed by atoms with Gasteiger partial charge in [0, 0.05) is 29.9 Å². The maximum atomic E-state index is 13.8. The molecule has 0 atom stereocenters. The average molecular weight is 268 g/mol. The number of hydrogen-bond donors (Lipinski definition) is 1. The Bertz CT molecular complexity index is 645. The molecule has 102 valence electrons. The van der Waals surface area contributed by atoms with Crippen molar-refractivity contribution in [1.82, 2.24) is 4.98 Å². The molecule has 2 nitrogen and oxygen atoms in total. The summed E-state index contributed by atoms with van der Waals surface area (Å²) < 4.78 is 40.9. The molecule has 1 aromatic heterocycles. The Hall–Kier alpha value is -1.78. The molecule has 0 saturated carbocycles. The highest BCUT2D eigenvalue weighted by Gasteiger charge is 2.22. The van der Waals surface area contributed by atoms with Crippen LogP contribution in [0.25, 0.3) is 10.9 Å². The van der Waals surface area contributed by atoms with Crippen LogP contribution >= 0.6 is 0 Å². The Balaban J connectivity index is 2.93. The van der Waals surface area contributed by atoms with Gasteiger partial charge in [0.05, 0.1) is 5.39 Å². The van der Waals surface area contributed by atoms with E-state index in [2.05, 4.69) is 10.3 Å². The largest absolute Gasteiger partial charge is 0.387 e. The first-order valence-electron chi connectivity index (χ1n) is 5.92. The Labute approximate surface area is 109 Å². The van der Waals surface area contributed by atoms with Crippen molar-refractivity contribution in [2.75, 3.05) is 12.4 Å². The molecule has 0 aliphatic carbocycles. The van der Waals surface area contributed by atoms with E-state index in [1.54, 1.807) is 13.1 Å². The number of pyridine rings is 1. The average Bonchev–Trinajstić information content (AvgIpc) is 2.33. The van der Waals surface area contributed by atoms with Crippen LogP contribution in [0.3, 0.4) is 0 Å². The molecule has 2 rings (SSSR count). The van der Waals surface area contributed by atoms with E-state index in [1.165, 1.54) is 0 Å². The van der Waals surface area contributed by atoms with Gasteiger partial charge in [0.25, 0.3) is 0 Å². The predicted octanol–water partition coefficient (Wildman–Crippen LogP) is 3.99. The molecule has 19 heavy (non-hydrogen) atoms. The second-order valence-electron chi connectivity index (χ2n) is 5.43. The Kier molecular flexibility index (Phi) is 3.16. The number of aromatic nitrogens is 1. The molecule has 0 bridgehead atoms. The minimum atomic E-state index is -1.23. The molecule has 0 spiro atoms. The topological polar surface area (TPSA) is 24.9 Å². The molecule has 0 fully saturated rings. The van der Waals surface area contributed by atoms with Crippen molar-refractivity contribution >= 4 is 16.6 Å². The number of nitrogens with one attached hydrogen (secondary N) is 1. The molecule has 1 heterocycles. The van der Waals surface area contributed by atoms with Gasteiger partial charge in [0.1, 0.15) is 11.3 Å². The van der Waals surface area contributed by atoms with Crippen LogP contribution in [-0.2, 0) is 5.41 Å². The van der Waals surface area contributed by atoms with Gasteiger partial charge in [-0.05, 0) is 6.07 Å². The molecule has 2 aromatic rings. The monoisotopic (exact) mass is 268 g/mol. The highest BCUT2D eigenvalue weighted by molar-refractivity contribution is 5.92. The van der Waals surface area contributed by atoms with Gasteiger partial charge >= 0.3 is 0 Å². The highest BCUT2D eigenvalue weighted by Crippen LogP contribution is 2.32. The fourth-order valence-corrected chi connectivity index (χ4v) is 1.89. The maximum absolute atomic E-state index is 13.8. The summed E-state index contributed by atoms with van der Waals surface area (Å²) >= 11 is 0. The summed E-state index contributed by atoms with van der Waals surface area (Å²) in [6.45, 7) is 5.69. The number of rotatable bonds is 1. The number of hydrogen-bond acceptors (Lipinski definition) is 2. The molecular weight excluding hydrogens is 253 g/mol. The summed E-state index contributed by atoms with van der Waals surface area (Å²) in [4.78, 5) is 4.08. The predicted molar refractivity (Wildman–Crippen MR) is 69.9 cm³/mol. The van der Waals surface area contributed by atoms with Crippen molar-refractivity contribution in [2.45, 2.75) is 26.2 Å². The van der Waals surface area contributed by atoms with Crippen LogP contribution in [0.1, 0.15) is 26.5 Å². The fourth-order valence-electron chi connectivity index (χ4n) is 1.89. The van der Waals surface area contributed by atoms with E-state index in [1.807, 2.05) is 20.8 Å². The first kappa shape index (κ1) is 13.6. The van der Waals surface area contributed by atoms with E-state index in [4.69, 9.17) is 0 Å². The zero-order valence-electron chi connectivity index (χ0n) is 11.2. The summed E-state index contributed by atoms with van der Waals surface area (Å²) in [7, 11) is 1.60. The smallest absolute Gasteiger partial charge is 0.185 e. The Morgan fingerprint density at radius 1 is 1.05 bits per heavy atom. The number of fused-ring (bicyclic) bond motifs is 1. The fraction of sp³-hybridized carbons (Fsp3) is 0.357. The summed E-state index contributed by atoms with van der Waals surface area (Å²) in [6, 6.07) is 2.19. The molecule has 0 saturated heterocycles. The lowest BCUT2D eigenvalue weighted by Crippen LogP contribution is -2.15. The first-order chi connectivity index (χ1) is 8.75. The molecular formula is C14H15F3N2. The van der Waals surface area contributed by atoms with Gasteiger partial charge in [-0.25, -0.2) is 18.2 Å². The lowest BCUT2D eigenvalue weighted by Gasteiger charge is -2.20. The van der Waals surface area contributed by atoms with Gasteiger partial charge in [-0.2, -0.15) is 0 Å². The van der Waals surface area contributed by atoms with E-state index in [0.29, 0.717) is 17.4 Å². The first-order valence-corrected chi connectivity index (χ1v) is 5.92. The number of benzene rings is 1. The van der Waals surface area contributed by atoms with Crippen LogP contribution in [0.2, 0.25) is 0 Å². The SMILES string of the molecule is CNc1cc(C(C)(C)C)nc2c(F)c(F)cc(F)c12. The van der Waals surface area contributed by atoms with Gasteiger partial charge in [-0.3, -0.25) is 0 Å². The molecule has 0 radical (unpaired) electrons. The Morgan fingerprint density at radius 3 is 2.21 bits per heavy atom. The summed E-state index contributed by atoms with van der Waals surface area (Å²) in [5.74, 6) is -3.18. The second-order valence-corrected chi connectivity index (χ2v) is 5.43. The zero-order chi connectivity index (χ0) is 14.4. The molecule has 0 aliphatic heterocycles. The van der Waals surface area contributed by atoms with Crippen LogP contribution in [0, 0.1) is 17.5 Å². The molecule has 1 aromatic carbocycles. The van der Waals surface area contributed by atoms with Crippen molar-refractivity contribution in [2.24, 2.45) is 0 Å². The summed E-state index contributed by atoms with van der Waals surface area (Å²) in [5, 5.41) is 2.77. The summed E-state index contributed by atoms with van der Waals surface area (Å²) in [5.41, 5.74) is 0.323. The van der Waals surface area contributed by atoms with Crippen molar-refractivity contribution in [3.63, 3.8) is 0 Å². The van der Waals surface area contributed by atoms with Crippen LogP contribution in [0.4, 0.5) is 18.9 Å². The molecule has 0 unspecified atom stereocenters. The standard InChI is InChI=1S/C14H15F3N2/c1-14(2,3)10-6-9(18-4)11-7(15)5-8(16)12(17)13(11)19-10/h5-6H,1-4H3,(H,18,19). The Morgan fingerprint density at radius 2 is 1.68 bits per heavy atom. The van der Waals surface area contributed by atoms with Crippen LogP contribution < -0.4 is 5.32 Å². The molecule has 0 amide bonds. The van der Waals surface area contributed by atoms with Crippen molar-refractivity contribution < 1.29 is 13.2 Å². The third kappa shape index (κ3) is 2.25. The van der Waals surface area contributed by atoms with Crippen LogP contribution in [-0.4, -0.2) is 12.0 Å². The van der Waals surface area contributed by atoms with E-state index < -0.39 is 17.5 Å². The van der Waals surface area contributed by atoms with E-state index >= 15 is 0 Å². The number of anilines is 1. The molecule has 5 heteroatoms. The minimum Gasteiger partial charge on any atom is -0.387 e. The van der Waals surface area contributed by atoms with Gasteiger partial charge < -0.3 is 5.32 Å². The van der Waals surface area contributed by atoms with Crippen LogP contribution in [0.5, 0.6) is 0 Å². The highest BCUT2D eigenvalue weighted by atomic mass is 19.2. The lowest BCUT2D eigenvalue weighted by molar-refractivity contribution is 0.502. The minimum absolute atomic E-state index is 0.0330. The van der Waals surface area contributed by atoms with E-state index in [9.17, 15) is 13.2 Å². The third-order valence-corrected chi connectivity index (χ3v) is 2.97. The lowest BCUT2D eigenvalue weighted by atomic mass is 9.90. The molecule has 1 N–H and O–H groups in total. The quantitative estimate of drug-likeness (QED) is 0.791. The number of halogens is 3. The normalized spacial score (nSPS) is 11.9. The van der Waals surface area contributed by atoms with Crippen molar-refractivity contribution in [1.29, 1.82) is 0 Å². The maximum Gasteiger partial charge on any atom is 0.185 e. The zero-order valence-corrected chi connectivity index (χ0v) is 11.2. The number of nitrogens with zero attached hydrogens (tertiary/aromatic N) is 1. The second kappa shape index (κ2) is 4.40. The third-order valence-electron chi connectivity index (χ3n) is 2.97. The van der Waals surface area contributed by atoms with Crippen LogP contribution in [0.15, 0.2) is 12.1 Å². The van der Waals surface area contributed by atoms with Gasteiger partial charge in [-0.15, -0.1) is 0 Å². The van der Waals surface area contributed by atoms with Gasteiger partial charge in [-0.1, -0.05) is 20.8 Å². The van der Waals surface area contributed by atoms with E-state index in [0.717, 1.165) is 0 Å². The van der Waals surface area contributed by atoms with Gasteiger partial charge in [0.2, 0.25) is 0 Å². The van der Waals surface area contributed by atoms with E-state index in [-0.39, 0.29) is 16.3 Å². The van der Waals surface area contributed by atoms with Crippen molar-refractivity contribution in [3.8, 4) is 0 Å².